The molecule has 2 aliphatic rings. The van der Waals surface area contributed by atoms with Crippen molar-refractivity contribution >= 4 is 39.5 Å². The summed E-state index contributed by atoms with van der Waals surface area (Å²) in [4.78, 5) is 12.5. The third-order valence-corrected chi connectivity index (χ3v) is 8.85. The van der Waals surface area contributed by atoms with Gasteiger partial charge in [-0.05, 0) is 83.5 Å². The van der Waals surface area contributed by atoms with Crippen molar-refractivity contribution in [3.05, 3.63) is 82.2 Å². The number of carbonyl (C=O) groups excluding carboxylic acids is 1. The maximum absolute atomic E-state index is 13.6. The molecule has 1 aliphatic carbocycles. The number of alkyl halides is 3. The van der Waals surface area contributed by atoms with Crippen LogP contribution in [0.1, 0.15) is 51.4 Å². The molecule has 2 heterocycles. The molecule has 1 saturated carbocycles. The highest BCUT2D eigenvalue weighted by molar-refractivity contribution is 7.88. The van der Waals surface area contributed by atoms with E-state index in [0.717, 1.165) is 35.0 Å². The minimum absolute atomic E-state index is 0.0890. The van der Waals surface area contributed by atoms with E-state index >= 15 is 0 Å². The fraction of sp³-hybridized carbons (Fsp3) is 0.276. The second-order valence-electron chi connectivity index (χ2n) is 10.9. The Morgan fingerprint density at radius 1 is 1.14 bits per heavy atom. The molecule has 4 aromatic rings. The van der Waals surface area contributed by atoms with E-state index in [1.54, 1.807) is 12.1 Å². The lowest BCUT2D eigenvalue weighted by Crippen LogP contribution is -2.33. The lowest BCUT2D eigenvalue weighted by molar-refractivity contribution is -0.274. The van der Waals surface area contributed by atoms with Gasteiger partial charge in [0.05, 0.1) is 18.4 Å². The highest BCUT2D eigenvalue weighted by Gasteiger charge is 2.38. The fourth-order valence-corrected chi connectivity index (χ4v) is 6.30. The summed E-state index contributed by atoms with van der Waals surface area (Å²) in [6, 6.07) is 11.2. The third-order valence-electron chi connectivity index (χ3n) is 7.65. The minimum atomic E-state index is -5.06. The zero-order valence-corrected chi connectivity index (χ0v) is 24.0. The topological polar surface area (TPSA) is 132 Å². The Hall–Kier alpha value is -3.92. The predicted octanol–water partition coefficient (Wildman–Crippen LogP) is 4.29. The quantitative estimate of drug-likeness (QED) is 0.208. The molecule has 1 amide bonds. The molecular formula is C29H25BF4N2O7S. The van der Waals surface area contributed by atoms with Gasteiger partial charge in [-0.15, -0.1) is 13.2 Å². The van der Waals surface area contributed by atoms with Crippen LogP contribution in [-0.4, -0.2) is 43.4 Å². The summed E-state index contributed by atoms with van der Waals surface area (Å²) < 4.78 is 95.4. The third kappa shape index (κ3) is 6.04. The summed E-state index contributed by atoms with van der Waals surface area (Å²) in [6.45, 7) is -0.661. The van der Waals surface area contributed by atoms with E-state index in [-0.39, 0.29) is 59.1 Å². The number of furan rings is 1. The van der Waals surface area contributed by atoms with Crippen molar-refractivity contribution in [3.63, 3.8) is 0 Å². The number of primary amides is 1. The van der Waals surface area contributed by atoms with Gasteiger partial charge in [0.1, 0.15) is 22.9 Å². The summed E-state index contributed by atoms with van der Waals surface area (Å²) in [6.07, 6.45) is -2.41. The lowest BCUT2D eigenvalue weighted by atomic mass is 9.78. The van der Waals surface area contributed by atoms with Gasteiger partial charge in [-0.1, -0.05) is 6.07 Å². The van der Waals surface area contributed by atoms with Crippen LogP contribution in [0, 0.1) is 5.82 Å². The zero-order chi connectivity index (χ0) is 31.6. The van der Waals surface area contributed by atoms with E-state index in [1.807, 2.05) is 0 Å². The van der Waals surface area contributed by atoms with Crippen molar-refractivity contribution in [2.24, 2.45) is 5.73 Å². The lowest BCUT2D eigenvalue weighted by Gasteiger charge is -2.23. The van der Waals surface area contributed by atoms with Crippen LogP contribution in [0.25, 0.3) is 22.3 Å². The number of ether oxygens (including phenoxy) is 1. The second kappa shape index (κ2) is 10.9. The van der Waals surface area contributed by atoms with Crippen molar-refractivity contribution in [2.45, 2.75) is 44.8 Å². The highest BCUT2D eigenvalue weighted by atomic mass is 32.2. The Bertz CT molecular complexity index is 1890. The van der Waals surface area contributed by atoms with Gasteiger partial charge in [-0.25, -0.2) is 12.8 Å². The van der Waals surface area contributed by atoms with Gasteiger partial charge in [0, 0.05) is 29.5 Å². The molecule has 6 rings (SSSR count). The molecule has 1 aliphatic heterocycles. The normalized spacial score (nSPS) is 15.3. The SMILES string of the molecule is CS(=O)(=O)N(Cc1cc2c(c(OC(F)(F)F)c1)B(O)OC2)Cc1cc2oc(-c3ccc(F)cc3)c(C(N)=O)c2cc1C1CC1. The highest BCUT2D eigenvalue weighted by Crippen LogP contribution is 2.45. The van der Waals surface area contributed by atoms with Crippen LogP contribution in [0.3, 0.4) is 0 Å². The molecule has 0 spiro atoms. The van der Waals surface area contributed by atoms with Crippen LogP contribution in [0.2, 0.25) is 0 Å². The Morgan fingerprint density at radius 2 is 1.84 bits per heavy atom. The van der Waals surface area contributed by atoms with Gasteiger partial charge in [0.25, 0.3) is 5.91 Å². The molecule has 3 aromatic carbocycles. The Kier molecular flexibility index (Phi) is 7.47. The van der Waals surface area contributed by atoms with E-state index in [1.165, 1.54) is 30.3 Å². The summed E-state index contributed by atoms with van der Waals surface area (Å²) in [5, 5.41) is 10.5. The van der Waals surface area contributed by atoms with Gasteiger partial charge < -0.3 is 24.6 Å². The van der Waals surface area contributed by atoms with Crippen molar-refractivity contribution < 1.29 is 49.6 Å². The Balaban J connectivity index is 1.41. The molecule has 9 nitrogen and oxygen atoms in total. The number of hydrogen-bond donors (Lipinski definition) is 2. The molecule has 1 aromatic heterocycles. The average molecular weight is 632 g/mol. The monoisotopic (exact) mass is 632 g/mol. The van der Waals surface area contributed by atoms with Gasteiger partial charge in [0.15, 0.2) is 0 Å². The van der Waals surface area contributed by atoms with Crippen LogP contribution in [0.5, 0.6) is 5.75 Å². The number of hydrogen-bond acceptors (Lipinski definition) is 7. The van der Waals surface area contributed by atoms with Crippen molar-refractivity contribution in [1.29, 1.82) is 0 Å². The van der Waals surface area contributed by atoms with E-state index in [4.69, 9.17) is 14.8 Å². The number of halogens is 4. The minimum Gasteiger partial charge on any atom is -0.455 e. The summed E-state index contributed by atoms with van der Waals surface area (Å²) in [7, 11) is -5.54. The van der Waals surface area contributed by atoms with Gasteiger partial charge in [-0.2, -0.15) is 4.31 Å². The molecule has 0 unspecified atom stereocenters. The van der Waals surface area contributed by atoms with E-state index in [0.29, 0.717) is 16.5 Å². The zero-order valence-electron chi connectivity index (χ0n) is 23.2. The first-order chi connectivity index (χ1) is 20.7. The van der Waals surface area contributed by atoms with Crippen molar-refractivity contribution in [2.75, 3.05) is 6.26 Å². The van der Waals surface area contributed by atoms with Crippen LogP contribution >= 0.6 is 0 Å². The largest absolute Gasteiger partial charge is 0.573 e. The second-order valence-corrected chi connectivity index (χ2v) is 12.9. The molecule has 0 saturated heterocycles. The van der Waals surface area contributed by atoms with Crippen LogP contribution in [0.15, 0.2) is 52.9 Å². The number of sulfonamides is 1. The molecule has 0 radical (unpaired) electrons. The molecule has 1 fully saturated rings. The molecule has 15 heteroatoms. The predicted molar refractivity (Wildman–Crippen MR) is 152 cm³/mol. The standard InChI is InChI=1S/C29H25BF4N2O7S/c1-44(39,40)36(12-15-8-19-14-41-30(38)26(19)24(9-15)43-29(32,33)34)13-18-10-23-22(11-21(18)16-2-3-16)25(28(35)37)27(42-23)17-4-6-20(31)7-5-17/h4-11,16,38H,2-3,12-14H2,1H3,(H2,35,37). The Morgan fingerprint density at radius 3 is 2.45 bits per heavy atom. The Labute approximate surface area is 249 Å². The fourth-order valence-electron chi connectivity index (χ4n) is 5.55. The first kappa shape index (κ1) is 30.1. The molecule has 3 N–H and O–H groups in total. The molecule has 230 valence electrons. The van der Waals surface area contributed by atoms with Crippen LogP contribution in [-0.2, 0) is 34.4 Å². The number of amides is 1. The maximum atomic E-state index is 13.6. The van der Waals surface area contributed by atoms with Crippen molar-refractivity contribution in [1.82, 2.24) is 4.31 Å². The van der Waals surface area contributed by atoms with Crippen LogP contribution < -0.4 is 15.9 Å². The van der Waals surface area contributed by atoms with Crippen molar-refractivity contribution in [3.8, 4) is 17.1 Å². The number of carbonyl (C=O) groups is 1. The first-order valence-electron chi connectivity index (χ1n) is 13.5. The average Bonchev–Trinajstić information content (AvgIpc) is 3.59. The number of fused-ring (bicyclic) bond motifs is 2. The number of nitrogens with zero attached hydrogens (tertiary/aromatic N) is 1. The molecule has 44 heavy (non-hydrogen) atoms. The van der Waals surface area contributed by atoms with Gasteiger partial charge in [-0.3, -0.25) is 4.79 Å². The molecule has 0 bridgehead atoms. The maximum Gasteiger partial charge on any atom is 0.573 e. The summed E-state index contributed by atoms with van der Waals surface area (Å²) >= 11 is 0. The van der Waals surface area contributed by atoms with Gasteiger partial charge >= 0.3 is 13.5 Å². The van der Waals surface area contributed by atoms with Gasteiger partial charge in [0.2, 0.25) is 10.0 Å². The number of rotatable bonds is 9. The first-order valence-corrected chi connectivity index (χ1v) is 15.3. The molecular weight excluding hydrogens is 607 g/mol. The number of nitrogens with two attached hydrogens (primary N) is 1. The number of benzene rings is 3. The summed E-state index contributed by atoms with van der Waals surface area (Å²) in [5.74, 6) is -1.67. The van der Waals surface area contributed by atoms with E-state index < -0.39 is 41.0 Å². The van der Waals surface area contributed by atoms with E-state index in [2.05, 4.69) is 4.74 Å². The summed E-state index contributed by atoms with van der Waals surface area (Å²) in [5.41, 5.74) is 8.14. The van der Waals surface area contributed by atoms with Crippen LogP contribution in [0.4, 0.5) is 17.6 Å². The molecule has 0 atom stereocenters. The smallest absolute Gasteiger partial charge is 0.455 e. The van der Waals surface area contributed by atoms with E-state index in [9.17, 15) is 35.8 Å².